The van der Waals surface area contributed by atoms with Crippen molar-refractivity contribution in [1.82, 2.24) is 0 Å². The van der Waals surface area contributed by atoms with Crippen molar-refractivity contribution in [3.05, 3.63) is 32.5 Å². The Morgan fingerprint density at radius 3 is 3.00 bits per heavy atom. The van der Waals surface area contributed by atoms with Crippen LogP contribution in [0.1, 0.15) is 0 Å². The molecule has 1 fully saturated rings. The van der Waals surface area contributed by atoms with Crippen LogP contribution >= 0.6 is 15.9 Å². The summed E-state index contributed by atoms with van der Waals surface area (Å²) in [5, 5.41) is 11.0. The van der Waals surface area contributed by atoms with E-state index in [1.165, 1.54) is 6.07 Å². The van der Waals surface area contributed by atoms with Gasteiger partial charge in [-0.1, -0.05) is 0 Å². The summed E-state index contributed by atoms with van der Waals surface area (Å²) in [5.41, 5.74) is 5.66. The van der Waals surface area contributed by atoms with Gasteiger partial charge in [-0.2, -0.15) is 0 Å². The molecule has 6 nitrogen and oxygen atoms in total. The summed E-state index contributed by atoms with van der Waals surface area (Å²) in [5.74, 6) is -0.654. The number of rotatable bonds is 3. The van der Waals surface area contributed by atoms with Gasteiger partial charge in [0.05, 0.1) is 28.2 Å². The third kappa shape index (κ3) is 3.02. The lowest BCUT2D eigenvalue weighted by Crippen LogP contribution is -2.45. The number of nitrogens with zero attached hydrogens (tertiary/aromatic N) is 2. The van der Waals surface area contributed by atoms with Crippen molar-refractivity contribution in [2.24, 2.45) is 5.73 Å². The van der Waals surface area contributed by atoms with Gasteiger partial charge in [-0.25, -0.2) is 4.39 Å². The van der Waals surface area contributed by atoms with Gasteiger partial charge in [0.15, 0.2) is 0 Å². The fraction of sp³-hybridized carbons (Fsp3) is 0.455. The number of nitrogens with two attached hydrogens (primary N) is 1. The maximum absolute atomic E-state index is 13.4. The van der Waals surface area contributed by atoms with Crippen molar-refractivity contribution in [2.75, 3.05) is 31.1 Å². The minimum Gasteiger partial charge on any atom is -0.373 e. The maximum Gasteiger partial charge on any atom is 0.295 e. The van der Waals surface area contributed by atoms with Crippen LogP contribution in [0, 0.1) is 15.9 Å². The number of anilines is 1. The molecule has 0 saturated carbocycles. The molecule has 1 aromatic carbocycles. The fourth-order valence-electron chi connectivity index (χ4n) is 2.01. The number of hydrogen-bond donors (Lipinski definition) is 1. The highest BCUT2D eigenvalue weighted by atomic mass is 79.9. The molecule has 0 spiro atoms. The van der Waals surface area contributed by atoms with Gasteiger partial charge in [0.1, 0.15) is 11.5 Å². The second kappa shape index (κ2) is 5.81. The van der Waals surface area contributed by atoms with Crippen LogP contribution in [0.4, 0.5) is 15.8 Å². The number of benzene rings is 1. The van der Waals surface area contributed by atoms with Crippen molar-refractivity contribution in [1.29, 1.82) is 0 Å². The fourth-order valence-corrected chi connectivity index (χ4v) is 2.34. The Bertz CT molecular complexity index is 500. The summed E-state index contributed by atoms with van der Waals surface area (Å²) >= 11 is 3.05. The van der Waals surface area contributed by atoms with Crippen molar-refractivity contribution >= 4 is 27.3 Å². The topological polar surface area (TPSA) is 81.6 Å². The summed E-state index contributed by atoms with van der Waals surface area (Å²) < 4.78 is 19.0. The first-order valence-corrected chi connectivity index (χ1v) is 6.52. The lowest BCUT2D eigenvalue weighted by molar-refractivity contribution is -0.384. The van der Waals surface area contributed by atoms with Gasteiger partial charge in [0.2, 0.25) is 0 Å². The van der Waals surface area contributed by atoms with E-state index in [-0.39, 0.29) is 16.3 Å². The average Bonchev–Trinajstić information content (AvgIpc) is 2.41. The Balaban J connectivity index is 2.37. The van der Waals surface area contributed by atoms with Crippen LogP contribution < -0.4 is 10.6 Å². The third-order valence-corrected chi connectivity index (χ3v) is 3.56. The van der Waals surface area contributed by atoms with E-state index in [1.807, 2.05) is 0 Å². The van der Waals surface area contributed by atoms with Gasteiger partial charge >= 0.3 is 0 Å². The van der Waals surface area contributed by atoms with Crippen molar-refractivity contribution in [3.8, 4) is 0 Å². The van der Waals surface area contributed by atoms with Gasteiger partial charge in [-0.05, 0) is 22.0 Å². The van der Waals surface area contributed by atoms with Crippen molar-refractivity contribution in [3.63, 3.8) is 0 Å². The lowest BCUT2D eigenvalue weighted by Gasteiger charge is -2.33. The van der Waals surface area contributed by atoms with Crippen molar-refractivity contribution in [2.45, 2.75) is 6.10 Å². The standard InChI is InChI=1S/C11H13BrFN3O3/c12-8-3-10(11(16(17)18)4-9(8)13)15-1-2-19-7(5-14)6-15/h3-4,7H,1-2,5-6,14H2. The number of ether oxygens (including phenoxy) is 1. The zero-order chi connectivity index (χ0) is 14.0. The smallest absolute Gasteiger partial charge is 0.295 e. The second-order valence-electron chi connectivity index (χ2n) is 4.19. The van der Waals surface area contributed by atoms with E-state index >= 15 is 0 Å². The molecule has 1 heterocycles. The van der Waals surface area contributed by atoms with Crippen LogP contribution in [0.5, 0.6) is 0 Å². The van der Waals surface area contributed by atoms with Crippen LogP contribution in [0.3, 0.4) is 0 Å². The molecule has 0 radical (unpaired) electrons. The summed E-state index contributed by atoms with van der Waals surface area (Å²) in [6, 6.07) is 2.35. The largest absolute Gasteiger partial charge is 0.373 e. The molecule has 0 aromatic heterocycles. The molecule has 1 atom stereocenters. The Labute approximate surface area is 117 Å². The minimum atomic E-state index is -0.654. The highest BCUT2D eigenvalue weighted by molar-refractivity contribution is 9.10. The van der Waals surface area contributed by atoms with E-state index in [0.717, 1.165) is 6.07 Å². The van der Waals surface area contributed by atoms with Crippen LogP contribution in [-0.4, -0.2) is 37.3 Å². The number of hydrogen-bond acceptors (Lipinski definition) is 5. The SMILES string of the molecule is NCC1CN(c2cc(Br)c(F)cc2[N+](=O)[O-])CCO1. The molecule has 0 aliphatic carbocycles. The van der Waals surface area contributed by atoms with E-state index in [0.29, 0.717) is 31.9 Å². The third-order valence-electron chi connectivity index (χ3n) is 2.96. The number of nitro groups is 1. The monoisotopic (exact) mass is 333 g/mol. The van der Waals surface area contributed by atoms with Crippen LogP contribution in [0.2, 0.25) is 0 Å². The highest BCUT2D eigenvalue weighted by Crippen LogP contribution is 2.34. The molecule has 1 aromatic rings. The van der Waals surface area contributed by atoms with Gasteiger partial charge in [-0.15, -0.1) is 0 Å². The van der Waals surface area contributed by atoms with Gasteiger partial charge in [0, 0.05) is 19.6 Å². The normalized spacial score (nSPS) is 19.5. The zero-order valence-electron chi connectivity index (χ0n) is 10.0. The summed E-state index contributed by atoms with van der Waals surface area (Å²) in [7, 11) is 0. The zero-order valence-corrected chi connectivity index (χ0v) is 11.6. The molecule has 104 valence electrons. The predicted molar refractivity (Wildman–Crippen MR) is 71.8 cm³/mol. The first kappa shape index (κ1) is 14.2. The molecule has 1 aliphatic rings. The van der Waals surface area contributed by atoms with E-state index in [2.05, 4.69) is 15.9 Å². The Kier molecular flexibility index (Phi) is 4.33. The number of nitro benzene ring substituents is 1. The van der Waals surface area contributed by atoms with Crippen LogP contribution in [0.25, 0.3) is 0 Å². The molecule has 0 amide bonds. The molecular weight excluding hydrogens is 321 g/mol. The van der Waals surface area contributed by atoms with Crippen LogP contribution in [-0.2, 0) is 4.74 Å². The molecular formula is C11H13BrFN3O3. The minimum absolute atomic E-state index is 0.169. The Morgan fingerprint density at radius 1 is 1.63 bits per heavy atom. The maximum atomic E-state index is 13.4. The van der Waals surface area contributed by atoms with Gasteiger partial charge in [-0.3, -0.25) is 10.1 Å². The molecule has 1 saturated heterocycles. The van der Waals surface area contributed by atoms with E-state index < -0.39 is 10.7 Å². The molecule has 19 heavy (non-hydrogen) atoms. The van der Waals surface area contributed by atoms with Crippen LogP contribution in [0.15, 0.2) is 16.6 Å². The first-order chi connectivity index (χ1) is 9.02. The number of halogens is 2. The molecule has 1 unspecified atom stereocenters. The average molecular weight is 334 g/mol. The molecule has 8 heteroatoms. The molecule has 2 rings (SSSR count). The summed E-state index contributed by atoms with van der Waals surface area (Å²) in [6.07, 6.45) is -0.169. The van der Waals surface area contributed by atoms with E-state index in [9.17, 15) is 14.5 Å². The second-order valence-corrected chi connectivity index (χ2v) is 5.04. The Morgan fingerprint density at radius 2 is 2.37 bits per heavy atom. The van der Waals surface area contributed by atoms with Crippen molar-refractivity contribution < 1.29 is 14.1 Å². The van der Waals surface area contributed by atoms with E-state index in [4.69, 9.17) is 10.5 Å². The van der Waals surface area contributed by atoms with Gasteiger partial charge < -0.3 is 15.4 Å². The summed E-state index contributed by atoms with van der Waals surface area (Å²) in [6.45, 7) is 1.74. The highest BCUT2D eigenvalue weighted by Gasteiger charge is 2.26. The first-order valence-electron chi connectivity index (χ1n) is 5.73. The quantitative estimate of drug-likeness (QED) is 0.672. The predicted octanol–water partition coefficient (Wildman–Crippen LogP) is 1.66. The summed E-state index contributed by atoms with van der Waals surface area (Å²) in [4.78, 5) is 12.2. The lowest BCUT2D eigenvalue weighted by atomic mass is 10.2. The van der Waals surface area contributed by atoms with E-state index in [1.54, 1.807) is 4.90 Å². The Hall–Kier alpha value is -1.25. The molecule has 0 bridgehead atoms. The van der Waals surface area contributed by atoms with Gasteiger partial charge in [0.25, 0.3) is 5.69 Å². The molecule has 2 N–H and O–H groups in total. The number of morpholine rings is 1. The molecule has 1 aliphatic heterocycles.